The van der Waals surface area contributed by atoms with Crippen LogP contribution in [0.5, 0.6) is 0 Å². The van der Waals surface area contributed by atoms with E-state index in [1.165, 1.54) is 18.4 Å². The predicted octanol–water partition coefficient (Wildman–Crippen LogP) is 2.14. The van der Waals surface area contributed by atoms with Crippen LogP contribution in [0.4, 0.5) is 0 Å². The van der Waals surface area contributed by atoms with Crippen molar-refractivity contribution >= 4 is 0 Å². The molecule has 3 rings (SSSR count). The van der Waals surface area contributed by atoms with Gasteiger partial charge >= 0.3 is 0 Å². The highest BCUT2D eigenvalue weighted by Gasteiger charge is 2.35. The van der Waals surface area contributed by atoms with E-state index in [4.69, 9.17) is 0 Å². The van der Waals surface area contributed by atoms with E-state index >= 15 is 0 Å². The molecular weight excluding hydrogens is 96.1 g/mol. The van der Waals surface area contributed by atoms with Crippen LogP contribution in [0.2, 0.25) is 0 Å². The number of allylic oxidation sites excluding steroid dienone is 3. The molecule has 3 aliphatic carbocycles. The molecule has 0 radical (unpaired) electrons. The van der Waals surface area contributed by atoms with Gasteiger partial charge in [-0.3, -0.25) is 0 Å². The zero-order chi connectivity index (χ0) is 5.56. The quantitative estimate of drug-likeness (QED) is 0.480. The first-order valence-electron chi connectivity index (χ1n) is 3.24. The first-order chi connectivity index (χ1) is 3.90. The molecule has 0 aliphatic heterocycles. The van der Waals surface area contributed by atoms with Crippen molar-refractivity contribution in [3.63, 3.8) is 0 Å². The van der Waals surface area contributed by atoms with E-state index in [-0.39, 0.29) is 0 Å². The Morgan fingerprint density at radius 3 is 2.62 bits per heavy atom. The molecule has 42 valence electrons. The lowest BCUT2D eigenvalue weighted by Crippen LogP contribution is -2.13. The van der Waals surface area contributed by atoms with Crippen LogP contribution < -0.4 is 0 Å². The fourth-order valence-corrected chi connectivity index (χ4v) is 1.71. The summed E-state index contributed by atoms with van der Waals surface area (Å²) < 4.78 is 0. The summed E-state index contributed by atoms with van der Waals surface area (Å²) in [7, 11) is 0. The van der Waals surface area contributed by atoms with Gasteiger partial charge in [-0.2, -0.15) is 0 Å². The zero-order valence-corrected chi connectivity index (χ0v) is 4.93. The third kappa shape index (κ3) is 0.360. The Bertz CT molecular complexity index is 147. The van der Waals surface area contributed by atoms with E-state index in [1.807, 2.05) is 6.08 Å². The monoisotopic (exact) mass is 106 g/mol. The third-order valence-electron chi connectivity index (χ3n) is 2.31. The minimum Gasteiger partial charge on any atom is -0.0988 e. The van der Waals surface area contributed by atoms with Crippen molar-refractivity contribution in [1.82, 2.24) is 0 Å². The number of hydrogen-bond acceptors (Lipinski definition) is 0. The second kappa shape index (κ2) is 1.25. The third-order valence-corrected chi connectivity index (χ3v) is 2.31. The maximum Gasteiger partial charge on any atom is -0.0154 e. The lowest BCUT2D eigenvalue weighted by Gasteiger charge is -2.23. The molecule has 0 unspecified atom stereocenters. The van der Waals surface area contributed by atoms with Crippen LogP contribution in [-0.2, 0) is 0 Å². The first kappa shape index (κ1) is 4.37. The normalized spacial score (nSPS) is 40.8. The predicted molar refractivity (Wildman–Crippen MR) is 34.5 cm³/mol. The maximum absolute atomic E-state index is 3.75. The van der Waals surface area contributed by atoms with Gasteiger partial charge in [-0.15, -0.1) is 0 Å². The zero-order valence-electron chi connectivity index (χ0n) is 4.93. The summed E-state index contributed by atoms with van der Waals surface area (Å²) in [6.07, 6.45) is 7.22. The lowest BCUT2D eigenvalue weighted by atomic mass is 9.81. The minimum absolute atomic E-state index is 0.914. The smallest absolute Gasteiger partial charge is 0.0154 e. The van der Waals surface area contributed by atoms with E-state index in [0.29, 0.717) is 0 Å². The Kier molecular flexibility index (Phi) is 0.682. The Labute approximate surface area is 49.9 Å². The standard InChI is InChI=1S/C8H10/c1-2-7-3-6-4-8(7)5-6/h2-3,6,8H,1,4-5H2. The molecule has 0 aromatic heterocycles. The first-order valence-corrected chi connectivity index (χ1v) is 3.24. The van der Waals surface area contributed by atoms with Gasteiger partial charge in [0.15, 0.2) is 0 Å². The Balaban J connectivity index is 2.26. The largest absolute Gasteiger partial charge is 0.0988 e. The van der Waals surface area contributed by atoms with Gasteiger partial charge in [0.2, 0.25) is 0 Å². The Hall–Kier alpha value is -0.520. The van der Waals surface area contributed by atoms with Gasteiger partial charge in [-0.25, -0.2) is 0 Å². The molecule has 0 heteroatoms. The number of hydrogen-bond donors (Lipinski definition) is 0. The van der Waals surface area contributed by atoms with Crippen molar-refractivity contribution in [2.24, 2.45) is 11.8 Å². The molecule has 3 aliphatic rings. The summed E-state index contributed by atoms with van der Waals surface area (Å²) in [6.45, 7) is 3.75. The highest BCUT2D eigenvalue weighted by atomic mass is 14.4. The summed E-state index contributed by atoms with van der Waals surface area (Å²) in [5, 5.41) is 0. The van der Waals surface area contributed by atoms with E-state index in [0.717, 1.165) is 11.8 Å². The lowest BCUT2D eigenvalue weighted by molar-refractivity contribution is 0.327. The van der Waals surface area contributed by atoms with Crippen molar-refractivity contribution in [3.8, 4) is 0 Å². The van der Waals surface area contributed by atoms with Gasteiger partial charge in [0.1, 0.15) is 0 Å². The molecule has 0 N–H and O–H groups in total. The van der Waals surface area contributed by atoms with Crippen molar-refractivity contribution in [3.05, 3.63) is 24.3 Å². The van der Waals surface area contributed by atoms with E-state index in [1.54, 1.807) is 0 Å². The average Bonchev–Trinajstić information content (AvgIpc) is 2.15. The van der Waals surface area contributed by atoms with Crippen molar-refractivity contribution in [2.45, 2.75) is 12.8 Å². The SMILES string of the molecule is C=CC1=CC2CC1C2. The molecule has 0 saturated heterocycles. The van der Waals surface area contributed by atoms with Crippen LogP contribution in [-0.4, -0.2) is 0 Å². The minimum atomic E-state index is 0.914. The molecule has 1 fully saturated rings. The van der Waals surface area contributed by atoms with Crippen LogP contribution in [0.3, 0.4) is 0 Å². The number of rotatable bonds is 1. The molecule has 0 heterocycles. The highest BCUT2D eigenvalue weighted by Crippen LogP contribution is 2.47. The second-order valence-corrected chi connectivity index (χ2v) is 2.80. The molecular formula is C8H10. The maximum atomic E-state index is 3.75. The fourth-order valence-electron chi connectivity index (χ4n) is 1.71. The van der Waals surface area contributed by atoms with Crippen molar-refractivity contribution in [1.29, 1.82) is 0 Å². The molecule has 0 spiro atoms. The topological polar surface area (TPSA) is 0 Å². The molecule has 0 amide bonds. The molecule has 0 aromatic rings. The van der Waals surface area contributed by atoms with Crippen molar-refractivity contribution in [2.75, 3.05) is 0 Å². The van der Waals surface area contributed by atoms with Gasteiger partial charge in [0.25, 0.3) is 0 Å². The van der Waals surface area contributed by atoms with Gasteiger partial charge < -0.3 is 0 Å². The van der Waals surface area contributed by atoms with Crippen LogP contribution in [0, 0.1) is 11.8 Å². The summed E-state index contributed by atoms with van der Waals surface area (Å²) in [5.74, 6) is 1.85. The Morgan fingerprint density at radius 2 is 2.38 bits per heavy atom. The van der Waals surface area contributed by atoms with Crippen molar-refractivity contribution < 1.29 is 0 Å². The van der Waals surface area contributed by atoms with Crippen LogP contribution in [0.1, 0.15) is 12.8 Å². The van der Waals surface area contributed by atoms with Gasteiger partial charge in [-0.05, 0) is 30.3 Å². The van der Waals surface area contributed by atoms with Crippen LogP contribution in [0.25, 0.3) is 0 Å². The summed E-state index contributed by atoms with van der Waals surface area (Å²) in [6, 6.07) is 0. The molecule has 1 saturated carbocycles. The average molecular weight is 106 g/mol. The fraction of sp³-hybridized carbons (Fsp3) is 0.500. The van der Waals surface area contributed by atoms with Gasteiger partial charge in [0, 0.05) is 0 Å². The van der Waals surface area contributed by atoms with E-state index in [9.17, 15) is 0 Å². The molecule has 2 bridgehead atoms. The Morgan fingerprint density at radius 1 is 1.62 bits per heavy atom. The molecule has 0 aromatic carbocycles. The second-order valence-electron chi connectivity index (χ2n) is 2.80. The van der Waals surface area contributed by atoms with E-state index in [2.05, 4.69) is 12.7 Å². The highest BCUT2D eigenvalue weighted by molar-refractivity contribution is 5.31. The summed E-state index contributed by atoms with van der Waals surface area (Å²) >= 11 is 0. The summed E-state index contributed by atoms with van der Waals surface area (Å²) in [5.41, 5.74) is 1.51. The van der Waals surface area contributed by atoms with Gasteiger partial charge in [-0.1, -0.05) is 18.7 Å². The van der Waals surface area contributed by atoms with Crippen LogP contribution in [0.15, 0.2) is 24.3 Å². The summed E-state index contributed by atoms with van der Waals surface area (Å²) in [4.78, 5) is 0. The van der Waals surface area contributed by atoms with Crippen LogP contribution >= 0.6 is 0 Å². The van der Waals surface area contributed by atoms with E-state index < -0.39 is 0 Å². The molecule has 8 heavy (non-hydrogen) atoms. The molecule has 0 nitrogen and oxygen atoms in total. The molecule has 0 atom stereocenters. The van der Waals surface area contributed by atoms with Gasteiger partial charge in [0.05, 0.1) is 0 Å².